The zero-order chi connectivity index (χ0) is 11.6. The predicted molar refractivity (Wildman–Crippen MR) is 59.6 cm³/mol. The van der Waals surface area contributed by atoms with Gasteiger partial charge in [0.15, 0.2) is 9.84 Å². The van der Waals surface area contributed by atoms with Gasteiger partial charge in [0, 0.05) is 12.8 Å². The molecule has 0 aliphatic heterocycles. The summed E-state index contributed by atoms with van der Waals surface area (Å²) in [5, 5.41) is 0. The molecule has 86 valence electrons. The van der Waals surface area contributed by atoms with Gasteiger partial charge in [-0.05, 0) is 13.8 Å². The van der Waals surface area contributed by atoms with Crippen molar-refractivity contribution < 1.29 is 16.8 Å². The Labute approximate surface area is 93.4 Å². The summed E-state index contributed by atoms with van der Waals surface area (Å²) in [4.78, 5) is 0. The first-order valence-electron chi connectivity index (χ1n) is 3.75. The molecule has 8 heteroatoms. The molecular formula is C6H14BrNO4S2. The van der Waals surface area contributed by atoms with Gasteiger partial charge in [-0.3, -0.25) is 0 Å². The fourth-order valence-corrected chi connectivity index (χ4v) is 2.02. The van der Waals surface area contributed by atoms with Crippen LogP contribution in [0.3, 0.4) is 0 Å². The summed E-state index contributed by atoms with van der Waals surface area (Å²) in [7, 11) is -6.69. The third-order valence-electron chi connectivity index (χ3n) is 1.87. The van der Waals surface area contributed by atoms with Crippen molar-refractivity contribution in [2.75, 3.05) is 17.5 Å². The molecule has 0 aromatic rings. The maximum absolute atomic E-state index is 11.2. The van der Waals surface area contributed by atoms with Gasteiger partial charge in [-0.25, -0.2) is 21.6 Å². The van der Waals surface area contributed by atoms with Crippen LogP contribution in [0, 0.1) is 0 Å². The maximum Gasteiger partial charge on any atom is 0.221 e. The molecule has 0 unspecified atom stereocenters. The standard InChI is InChI=1S/C6H14BrNO4S2/c1-6(2,13(3,9)10)4-8-14(11,12)5-7/h8H,4-5H2,1-3H3. The SMILES string of the molecule is CC(C)(CNS(=O)(=O)CBr)S(C)(=O)=O. The first-order chi connectivity index (χ1) is 6.02. The van der Waals surface area contributed by atoms with E-state index in [2.05, 4.69) is 20.7 Å². The molecule has 0 bridgehead atoms. The van der Waals surface area contributed by atoms with E-state index in [0.717, 1.165) is 6.26 Å². The fourth-order valence-electron chi connectivity index (χ4n) is 0.453. The molecule has 0 aliphatic carbocycles. The van der Waals surface area contributed by atoms with Crippen molar-refractivity contribution in [1.82, 2.24) is 4.72 Å². The first-order valence-corrected chi connectivity index (χ1v) is 8.41. The molecule has 0 atom stereocenters. The third kappa shape index (κ3) is 4.24. The van der Waals surface area contributed by atoms with Crippen molar-refractivity contribution >= 4 is 35.8 Å². The molecule has 0 aliphatic rings. The molecular weight excluding hydrogens is 294 g/mol. The molecule has 0 aromatic heterocycles. The second-order valence-corrected chi connectivity index (χ2v) is 9.34. The van der Waals surface area contributed by atoms with Crippen LogP contribution in [-0.4, -0.2) is 39.0 Å². The predicted octanol–water partition coefficient (Wildman–Crippen LogP) is 0.0814. The van der Waals surface area contributed by atoms with E-state index >= 15 is 0 Å². The average Bonchev–Trinajstić information content (AvgIpc) is 1.99. The van der Waals surface area contributed by atoms with Gasteiger partial charge in [0.25, 0.3) is 0 Å². The number of nitrogens with one attached hydrogen (secondary N) is 1. The Morgan fingerprint density at radius 3 is 1.93 bits per heavy atom. The van der Waals surface area contributed by atoms with Crippen LogP contribution in [0.25, 0.3) is 0 Å². The third-order valence-corrected chi connectivity index (χ3v) is 6.70. The molecule has 0 heterocycles. The van der Waals surface area contributed by atoms with E-state index in [4.69, 9.17) is 0 Å². The molecule has 5 nitrogen and oxygen atoms in total. The number of sulfone groups is 1. The van der Waals surface area contributed by atoms with Crippen LogP contribution in [0.15, 0.2) is 0 Å². The van der Waals surface area contributed by atoms with Gasteiger partial charge < -0.3 is 0 Å². The van der Waals surface area contributed by atoms with Crippen LogP contribution in [0.5, 0.6) is 0 Å². The Morgan fingerprint density at radius 1 is 1.21 bits per heavy atom. The number of hydrogen-bond donors (Lipinski definition) is 1. The van der Waals surface area contributed by atoms with Crippen LogP contribution in [0.4, 0.5) is 0 Å². The number of halogens is 1. The Morgan fingerprint density at radius 2 is 1.64 bits per heavy atom. The maximum atomic E-state index is 11.2. The van der Waals surface area contributed by atoms with Gasteiger partial charge >= 0.3 is 0 Å². The van der Waals surface area contributed by atoms with Crippen LogP contribution in [0.1, 0.15) is 13.8 Å². The lowest BCUT2D eigenvalue weighted by Gasteiger charge is -2.22. The molecule has 0 amide bonds. The molecule has 1 N–H and O–H groups in total. The normalized spacial score (nSPS) is 14.3. The molecule has 0 saturated heterocycles. The second kappa shape index (κ2) is 4.46. The molecule has 0 radical (unpaired) electrons. The van der Waals surface area contributed by atoms with Crippen LogP contribution in [0.2, 0.25) is 0 Å². The highest BCUT2D eigenvalue weighted by Gasteiger charge is 2.31. The highest BCUT2D eigenvalue weighted by atomic mass is 79.9. The minimum absolute atomic E-state index is 0.125. The first kappa shape index (κ1) is 14.3. The van der Waals surface area contributed by atoms with Crippen molar-refractivity contribution in [2.24, 2.45) is 0 Å². The lowest BCUT2D eigenvalue weighted by molar-refractivity contribution is 0.538. The lowest BCUT2D eigenvalue weighted by atomic mass is 10.2. The average molecular weight is 308 g/mol. The number of sulfonamides is 1. The largest absolute Gasteiger partial charge is 0.229 e. The smallest absolute Gasteiger partial charge is 0.221 e. The van der Waals surface area contributed by atoms with E-state index in [1.807, 2.05) is 0 Å². The highest BCUT2D eigenvalue weighted by Crippen LogP contribution is 2.13. The van der Waals surface area contributed by atoms with Gasteiger partial charge in [0.1, 0.15) is 4.66 Å². The molecule has 0 rings (SSSR count). The zero-order valence-corrected chi connectivity index (χ0v) is 11.5. The minimum atomic E-state index is -3.41. The van der Waals surface area contributed by atoms with Crippen LogP contribution >= 0.6 is 15.9 Å². The van der Waals surface area contributed by atoms with E-state index < -0.39 is 24.6 Å². The monoisotopic (exact) mass is 307 g/mol. The fraction of sp³-hybridized carbons (Fsp3) is 1.00. The van der Waals surface area contributed by atoms with Crippen molar-refractivity contribution in [3.8, 4) is 0 Å². The Balaban J connectivity index is 4.59. The van der Waals surface area contributed by atoms with Crippen LogP contribution in [-0.2, 0) is 19.9 Å². The van der Waals surface area contributed by atoms with E-state index in [1.165, 1.54) is 13.8 Å². The summed E-state index contributed by atoms with van der Waals surface area (Å²) in [6.07, 6.45) is 1.08. The summed E-state index contributed by atoms with van der Waals surface area (Å²) in [6, 6.07) is 0. The number of hydrogen-bond acceptors (Lipinski definition) is 4. The zero-order valence-electron chi connectivity index (χ0n) is 8.24. The summed E-state index contributed by atoms with van der Waals surface area (Å²) < 4.78 is 45.3. The quantitative estimate of drug-likeness (QED) is 0.730. The Bertz CT molecular complexity index is 384. The number of rotatable bonds is 5. The summed E-state index contributed by atoms with van der Waals surface area (Å²) in [5.74, 6) is 0. The van der Waals surface area contributed by atoms with E-state index in [0.29, 0.717) is 0 Å². The highest BCUT2D eigenvalue weighted by molar-refractivity contribution is 9.10. The van der Waals surface area contributed by atoms with Crippen molar-refractivity contribution in [1.29, 1.82) is 0 Å². The van der Waals surface area contributed by atoms with E-state index in [9.17, 15) is 16.8 Å². The van der Waals surface area contributed by atoms with Gasteiger partial charge in [0.05, 0.1) is 4.75 Å². The van der Waals surface area contributed by atoms with Gasteiger partial charge in [0.2, 0.25) is 10.0 Å². The summed E-state index contributed by atoms with van der Waals surface area (Å²) in [5.41, 5.74) is 0. The van der Waals surface area contributed by atoms with Crippen molar-refractivity contribution in [3.05, 3.63) is 0 Å². The molecule has 0 aromatic carbocycles. The Hall–Kier alpha value is 0.340. The Kier molecular flexibility index (Phi) is 4.57. The van der Waals surface area contributed by atoms with Gasteiger partial charge in [-0.15, -0.1) is 0 Å². The molecule has 0 fully saturated rings. The summed E-state index contributed by atoms with van der Waals surface area (Å²) in [6.45, 7) is 2.82. The van der Waals surface area contributed by atoms with E-state index in [-0.39, 0.29) is 11.2 Å². The lowest BCUT2D eigenvalue weighted by Crippen LogP contribution is -2.43. The van der Waals surface area contributed by atoms with Gasteiger partial charge in [-0.1, -0.05) is 15.9 Å². The van der Waals surface area contributed by atoms with Crippen molar-refractivity contribution in [3.63, 3.8) is 0 Å². The molecule has 14 heavy (non-hydrogen) atoms. The molecule has 0 saturated carbocycles. The second-order valence-electron chi connectivity index (χ2n) is 3.58. The van der Waals surface area contributed by atoms with E-state index in [1.54, 1.807) is 0 Å². The summed E-state index contributed by atoms with van der Waals surface area (Å²) >= 11 is 2.79. The van der Waals surface area contributed by atoms with Crippen LogP contribution < -0.4 is 4.72 Å². The minimum Gasteiger partial charge on any atom is -0.229 e. The topological polar surface area (TPSA) is 80.3 Å². The van der Waals surface area contributed by atoms with Gasteiger partial charge in [-0.2, -0.15) is 0 Å². The molecule has 0 spiro atoms. The number of alkyl halides is 1. The van der Waals surface area contributed by atoms with Crippen molar-refractivity contribution in [2.45, 2.75) is 18.6 Å².